The predicted octanol–water partition coefficient (Wildman–Crippen LogP) is 2.42. The van der Waals surface area contributed by atoms with Gasteiger partial charge in [0.25, 0.3) is 11.6 Å². The number of hydrogen-bond donors (Lipinski definition) is 1. The molecule has 1 saturated heterocycles. The van der Waals surface area contributed by atoms with E-state index in [1.54, 1.807) is 47.4 Å². The molecule has 2 aromatic rings. The molecule has 0 bridgehead atoms. The number of carbonyl (C=O) groups excluding carboxylic acids is 2. The van der Waals surface area contributed by atoms with Crippen LogP contribution in [-0.4, -0.2) is 29.9 Å². The Morgan fingerprint density at radius 2 is 1.93 bits per heavy atom. The van der Waals surface area contributed by atoms with Gasteiger partial charge in [0.2, 0.25) is 5.91 Å². The van der Waals surface area contributed by atoms with Gasteiger partial charge in [0.1, 0.15) is 5.75 Å². The molecule has 0 radical (unpaired) electrons. The summed E-state index contributed by atoms with van der Waals surface area (Å²) in [6, 6.07) is 13.2. The summed E-state index contributed by atoms with van der Waals surface area (Å²) < 4.78 is 5.43. The Labute approximate surface area is 155 Å². The first kappa shape index (κ1) is 18.4. The van der Waals surface area contributed by atoms with Gasteiger partial charge in [0.05, 0.1) is 4.92 Å². The maximum absolute atomic E-state index is 11.9. The number of carbonyl (C=O) groups is 2. The molecular weight excluding hydrogens is 350 g/mol. The molecule has 2 amide bonds. The zero-order chi connectivity index (χ0) is 19.2. The van der Waals surface area contributed by atoms with Gasteiger partial charge in [-0.1, -0.05) is 18.2 Å². The highest BCUT2D eigenvalue weighted by Crippen LogP contribution is 2.24. The lowest BCUT2D eigenvalue weighted by Crippen LogP contribution is -2.28. The normalized spacial score (nSPS) is 13.5. The Kier molecular flexibility index (Phi) is 5.65. The quantitative estimate of drug-likeness (QED) is 0.596. The lowest BCUT2D eigenvalue weighted by Gasteiger charge is -2.16. The van der Waals surface area contributed by atoms with Crippen LogP contribution in [-0.2, 0) is 16.1 Å². The third-order valence-corrected chi connectivity index (χ3v) is 4.26. The lowest BCUT2D eigenvalue weighted by molar-refractivity contribution is -0.385. The molecule has 1 aliphatic heterocycles. The molecule has 3 rings (SSSR count). The number of amides is 2. The number of nitrogens with zero attached hydrogens (tertiary/aromatic N) is 2. The molecule has 0 saturated carbocycles. The van der Waals surface area contributed by atoms with E-state index in [4.69, 9.17) is 4.74 Å². The van der Waals surface area contributed by atoms with Gasteiger partial charge < -0.3 is 15.0 Å². The minimum absolute atomic E-state index is 0.0363. The second kappa shape index (κ2) is 8.31. The van der Waals surface area contributed by atoms with Crippen molar-refractivity contribution in [2.45, 2.75) is 19.4 Å². The van der Waals surface area contributed by atoms with Crippen molar-refractivity contribution in [3.8, 4) is 5.75 Å². The number of para-hydroxylation sites is 1. The van der Waals surface area contributed by atoms with E-state index in [9.17, 15) is 19.7 Å². The summed E-state index contributed by atoms with van der Waals surface area (Å²) >= 11 is 0. The first-order chi connectivity index (χ1) is 13.0. The van der Waals surface area contributed by atoms with E-state index < -0.39 is 4.92 Å². The molecule has 1 heterocycles. The smallest absolute Gasteiger partial charge is 0.274 e. The molecule has 0 unspecified atom stereocenters. The lowest BCUT2D eigenvalue weighted by atomic mass is 10.2. The van der Waals surface area contributed by atoms with Crippen molar-refractivity contribution in [2.24, 2.45) is 0 Å². The van der Waals surface area contributed by atoms with Crippen molar-refractivity contribution in [1.82, 2.24) is 5.32 Å². The molecule has 0 atom stereocenters. The third kappa shape index (κ3) is 4.60. The van der Waals surface area contributed by atoms with Crippen LogP contribution >= 0.6 is 0 Å². The summed E-state index contributed by atoms with van der Waals surface area (Å²) in [6.45, 7) is 0.561. The molecule has 27 heavy (non-hydrogen) atoms. The maximum atomic E-state index is 11.9. The summed E-state index contributed by atoms with van der Waals surface area (Å²) in [7, 11) is 0. The van der Waals surface area contributed by atoms with Gasteiger partial charge in [-0.3, -0.25) is 19.7 Å². The number of anilines is 1. The van der Waals surface area contributed by atoms with Crippen LogP contribution in [0.15, 0.2) is 48.5 Å². The summed E-state index contributed by atoms with van der Waals surface area (Å²) in [5.41, 5.74) is 1.20. The standard InChI is InChI=1S/C19H19N3O5/c23-18(20-12-14-4-1-2-5-17(14)22(25)26)13-27-16-9-7-15(8-10-16)21-11-3-6-19(21)24/h1-2,4-5,7-10H,3,6,11-13H2,(H,20,23). The van der Waals surface area contributed by atoms with Crippen LogP contribution in [0.3, 0.4) is 0 Å². The first-order valence-electron chi connectivity index (χ1n) is 8.57. The van der Waals surface area contributed by atoms with E-state index in [2.05, 4.69) is 5.32 Å². The fraction of sp³-hybridized carbons (Fsp3) is 0.263. The molecule has 8 heteroatoms. The van der Waals surface area contributed by atoms with Gasteiger partial charge >= 0.3 is 0 Å². The van der Waals surface area contributed by atoms with Gasteiger partial charge in [0.15, 0.2) is 6.61 Å². The molecule has 0 spiro atoms. The largest absolute Gasteiger partial charge is 0.484 e. The van der Waals surface area contributed by atoms with Crippen molar-refractivity contribution in [1.29, 1.82) is 0 Å². The van der Waals surface area contributed by atoms with Crippen LogP contribution < -0.4 is 15.0 Å². The van der Waals surface area contributed by atoms with E-state index in [-0.39, 0.29) is 30.7 Å². The molecule has 1 aliphatic rings. The molecule has 140 valence electrons. The molecular formula is C19H19N3O5. The predicted molar refractivity (Wildman–Crippen MR) is 98.5 cm³/mol. The minimum atomic E-state index is -0.481. The van der Waals surface area contributed by atoms with Crippen LogP contribution in [0, 0.1) is 10.1 Å². The van der Waals surface area contributed by atoms with Gasteiger partial charge in [-0.2, -0.15) is 0 Å². The number of benzene rings is 2. The van der Waals surface area contributed by atoms with E-state index >= 15 is 0 Å². The zero-order valence-corrected chi connectivity index (χ0v) is 14.6. The highest BCUT2D eigenvalue weighted by Gasteiger charge is 2.21. The number of hydrogen-bond acceptors (Lipinski definition) is 5. The number of nitrogens with one attached hydrogen (secondary N) is 1. The Bertz CT molecular complexity index is 851. The Balaban J connectivity index is 1.49. The number of nitro groups is 1. The third-order valence-electron chi connectivity index (χ3n) is 4.26. The van der Waals surface area contributed by atoms with Crippen LogP contribution in [0.2, 0.25) is 0 Å². The Hall–Kier alpha value is -3.42. The van der Waals surface area contributed by atoms with E-state index in [1.807, 2.05) is 0 Å². The van der Waals surface area contributed by atoms with E-state index in [0.29, 0.717) is 24.3 Å². The zero-order valence-electron chi connectivity index (χ0n) is 14.6. The van der Waals surface area contributed by atoms with Crippen LogP contribution in [0.1, 0.15) is 18.4 Å². The molecule has 1 fully saturated rings. The topological polar surface area (TPSA) is 102 Å². The monoisotopic (exact) mass is 369 g/mol. The van der Waals surface area contributed by atoms with Crippen molar-refractivity contribution >= 4 is 23.2 Å². The minimum Gasteiger partial charge on any atom is -0.484 e. The number of nitro benzene ring substituents is 1. The SMILES string of the molecule is O=C(COc1ccc(N2CCCC2=O)cc1)NCc1ccccc1[N+](=O)[O-]. The summed E-state index contributed by atoms with van der Waals surface area (Å²) in [5, 5.41) is 13.6. The molecule has 1 N–H and O–H groups in total. The average molecular weight is 369 g/mol. The van der Waals surface area contributed by atoms with Gasteiger partial charge in [-0.25, -0.2) is 0 Å². The Morgan fingerprint density at radius 1 is 1.19 bits per heavy atom. The van der Waals surface area contributed by atoms with Gasteiger partial charge in [-0.05, 0) is 30.7 Å². The maximum Gasteiger partial charge on any atom is 0.274 e. The summed E-state index contributed by atoms with van der Waals surface area (Å²) in [6.07, 6.45) is 1.43. The van der Waals surface area contributed by atoms with E-state index in [0.717, 1.165) is 12.1 Å². The van der Waals surface area contributed by atoms with Crippen molar-refractivity contribution in [3.63, 3.8) is 0 Å². The second-order valence-corrected chi connectivity index (χ2v) is 6.09. The first-order valence-corrected chi connectivity index (χ1v) is 8.57. The van der Waals surface area contributed by atoms with Crippen LogP contribution in [0.5, 0.6) is 5.75 Å². The van der Waals surface area contributed by atoms with Crippen molar-refractivity contribution in [3.05, 3.63) is 64.2 Å². The van der Waals surface area contributed by atoms with Crippen LogP contribution in [0.4, 0.5) is 11.4 Å². The number of ether oxygens (including phenoxy) is 1. The average Bonchev–Trinajstić information content (AvgIpc) is 3.11. The van der Waals surface area contributed by atoms with Crippen LogP contribution in [0.25, 0.3) is 0 Å². The van der Waals surface area contributed by atoms with Gasteiger partial charge in [-0.15, -0.1) is 0 Å². The Morgan fingerprint density at radius 3 is 2.59 bits per heavy atom. The summed E-state index contributed by atoms with van der Waals surface area (Å²) in [5.74, 6) is 0.233. The highest BCUT2D eigenvalue weighted by molar-refractivity contribution is 5.95. The number of rotatable bonds is 7. The van der Waals surface area contributed by atoms with Crippen molar-refractivity contribution < 1.29 is 19.2 Å². The highest BCUT2D eigenvalue weighted by atomic mass is 16.6. The second-order valence-electron chi connectivity index (χ2n) is 6.09. The fourth-order valence-electron chi connectivity index (χ4n) is 2.88. The fourth-order valence-corrected chi connectivity index (χ4v) is 2.88. The molecule has 2 aromatic carbocycles. The van der Waals surface area contributed by atoms with E-state index in [1.165, 1.54) is 6.07 Å². The van der Waals surface area contributed by atoms with Gasteiger partial charge in [0, 0.05) is 36.8 Å². The molecule has 8 nitrogen and oxygen atoms in total. The molecule has 0 aliphatic carbocycles. The molecule has 0 aromatic heterocycles. The summed E-state index contributed by atoms with van der Waals surface area (Å²) in [4.78, 5) is 35.9. The van der Waals surface area contributed by atoms with Crippen molar-refractivity contribution in [2.75, 3.05) is 18.1 Å².